The molecular formula is C24H28N2O3. The number of carboxylic acid groups (broad SMARTS) is 1. The van der Waals surface area contributed by atoms with Crippen molar-refractivity contribution in [2.45, 2.75) is 45.1 Å². The number of ether oxygens (including phenoxy) is 1. The number of carboxylic acids is 1. The van der Waals surface area contributed by atoms with E-state index in [2.05, 4.69) is 29.4 Å². The Labute approximate surface area is 172 Å². The fourth-order valence-electron chi connectivity index (χ4n) is 3.30. The van der Waals surface area contributed by atoms with E-state index in [9.17, 15) is 4.79 Å². The van der Waals surface area contributed by atoms with Crippen LogP contribution in [0, 0.1) is 0 Å². The molecule has 5 nitrogen and oxygen atoms in total. The van der Waals surface area contributed by atoms with Gasteiger partial charge < -0.3 is 9.84 Å². The van der Waals surface area contributed by atoms with E-state index in [0.29, 0.717) is 19.6 Å². The van der Waals surface area contributed by atoms with Crippen molar-refractivity contribution in [2.75, 3.05) is 6.61 Å². The van der Waals surface area contributed by atoms with Crippen molar-refractivity contribution < 1.29 is 14.6 Å². The lowest BCUT2D eigenvalue weighted by Crippen LogP contribution is -2.05. The molecule has 0 unspecified atom stereocenters. The Balaban J connectivity index is 1.52. The number of aryl methyl sites for hydroxylation is 2. The third-order valence-corrected chi connectivity index (χ3v) is 4.85. The minimum atomic E-state index is -0.794. The van der Waals surface area contributed by atoms with E-state index < -0.39 is 5.97 Å². The number of hydrogen-bond acceptors (Lipinski definition) is 3. The lowest BCUT2D eigenvalue weighted by atomic mass is 10.1. The second-order valence-electron chi connectivity index (χ2n) is 7.18. The lowest BCUT2D eigenvalue weighted by molar-refractivity contribution is -0.136. The first-order valence-corrected chi connectivity index (χ1v) is 10.2. The number of nitrogens with zero attached hydrogens (tertiary/aromatic N) is 2. The van der Waals surface area contributed by atoms with Gasteiger partial charge in [-0.3, -0.25) is 9.48 Å². The van der Waals surface area contributed by atoms with Crippen LogP contribution in [0.25, 0.3) is 0 Å². The first-order valence-electron chi connectivity index (χ1n) is 10.2. The molecule has 0 atom stereocenters. The summed E-state index contributed by atoms with van der Waals surface area (Å²) in [5, 5.41) is 13.2. The van der Waals surface area contributed by atoms with E-state index in [0.717, 1.165) is 42.6 Å². The Morgan fingerprint density at radius 2 is 1.83 bits per heavy atom. The highest BCUT2D eigenvalue weighted by molar-refractivity contribution is 5.67. The predicted molar refractivity (Wildman–Crippen MR) is 113 cm³/mol. The molecule has 1 N–H and O–H groups in total. The van der Waals surface area contributed by atoms with E-state index in [1.165, 1.54) is 5.56 Å². The highest BCUT2D eigenvalue weighted by Gasteiger charge is 2.09. The lowest BCUT2D eigenvalue weighted by Gasteiger charge is -2.13. The van der Waals surface area contributed by atoms with E-state index in [-0.39, 0.29) is 6.42 Å². The van der Waals surface area contributed by atoms with Gasteiger partial charge in [0.2, 0.25) is 0 Å². The average molecular weight is 392 g/mol. The first kappa shape index (κ1) is 20.6. The minimum Gasteiger partial charge on any atom is -0.493 e. The van der Waals surface area contributed by atoms with Gasteiger partial charge in [-0.15, -0.1) is 0 Å². The van der Waals surface area contributed by atoms with Crippen LogP contribution in [0.15, 0.2) is 67.0 Å². The van der Waals surface area contributed by atoms with Crippen molar-refractivity contribution in [3.63, 3.8) is 0 Å². The maximum Gasteiger partial charge on any atom is 0.303 e. The Hall–Kier alpha value is -3.08. The molecule has 5 heteroatoms. The van der Waals surface area contributed by atoms with Crippen LogP contribution < -0.4 is 4.74 Å². The molecule has 0 aliphatic rings. The molecule has 0 amide bonds. The fraction of sp³-hybridized carbons (Fsp3) is 0.333. The van der Waals surface area contributed by atoms with Crippen molar-refractivity contribution in [3.05, 3.63) is 83.7 Å². The van der Waals surface area contributed by atoms with Gasteiger partial charge in [0.25, 0.3) is 0 Å². The highest BCUT2D eigenvalue weighted by atomic mass is 16.5. The van der Waals surface area contributed by atoms with Gasteiger partial charge in [-0.1, -0.05) is 42.5 Å². The zero-order valence-electron chi connectivity index (χ0n) is 16.7. The van der Waals surface area contributed by atoms with Crippen LogP contribution >= 0.6 is 0 Å². The van der Waals surface area contributed by atoms with Gasteiger partial charge in [0, 0.05) is 18.8 Å². The van der Waals surface area contributed by atoms with Crippen LogP contribution in [0.3, 0.4) is 0 Å². The third-order valence-electron chi connectivity index (χ3n) is 4.85. The number of rotatable bonds is 12. The number of benzene rings is 2. The summed E-state index contributed by atoms with van der Waals surface area (Å²) < 4.78 is 7.92. The summed E-state index contributed by atoms with van der Waals surface area (Å²) in [6.07, 6.45) is 8.57. The molecule has 0 aliphatic heterocycles. The highest BCUT2D eigenvalue weighted by Crippen LogP contribution is 2.23. The van der Waals surface area contributed by atoms with Crippen molar-refractivity contribution >= 4 is 5.97 Å². The van der Waals surface area contributed by atoms with E-state index in [4.69, 9.17) is 9.84 Å². The molecule has 0 aliphatic carbocycles. The summed E-state index contributed by atoms with van der Waals surface area (Å²) in [6.45, 7) is 1.31. The van der Waals surface area contributed by atoms with Crippen molar-refractivity contribution in [1.82, 2.24) is 9.78 Å². The molecule has 152 valence electrons. The van der Waals surface area contributed by atoms with Crippen LogP contribution in [0.4, 0.5) is 0 Å². The molecule has 3 rings (SSSR count). The van der Waals surface area contributed by atoms with Crippen LogP contribution in [0.5, 0.6) is 5.75 Å². The summed E-state index contributed by atoms with van der Waals surface area (Å²) in [5.41, 5.74) is 3.41. The Morgan fingerprint density at radius 1 is 0.966 bits per heavy atom. The van der Waals surface area contributed by atoms with E-state index in [1.807, 2.05) is 41.2 Å². The molecule has 0 radical (unpaired) electrons. The normalized spacial score (nSPS) is 10.8. The summed E-state index contributed by atoms with van der Waals surface area (Å²) >= 11 is 0. The SMILES string of the molecule is O=C(O)CCc1ccc(Cn2cccn2)cc1OCCCCCc1ccccc1. The second-order valence-corrected chi connectivity index (χ2v) is 7.18. The summed E-state index contributed by atoms with van der Waals surface area (Å²) in [6, 6.07) is 18.4. The summed E-state index contributed by atoms with van der Waals surface area (Å²) in [5.74, 6) is -0.00329. The maximum atomic E-state index is 11.0. The number of hydrogen-bond donors (Lipinski definition) is 1. The Kier molecular flexibility index (Phi) is 7.87. The third kappa shape index (κ3) is 7.11. The minimum absolute atomic E-state index is 0.103. The number of aliphatic carboxylic acids is 1. The standard InChI is InChI=1S/C24H28N2O3/c27-24(28)14-13-22-12-11-21(19-26-16-7-15-25-26)18-23(22)29-17-6-2-5-10-20-8-3-1-4-9-20/h1,3-4,7-9,11-12,15-16,18H,2,5-6,10,13-14,17,19H2,(H,27,28). The first-order chi connectivity index (χ1) is 14.2. The monoisotopic (exact) mass is 392 g/mol. The zero-order chi connectivity index (χ0) is 20.3. The van der Waals surface area contributed by atoms with Gasteiger partial charge in [-0.25, -0.2) is 0 Å². The van der Waals surface area contributed by atoms with Gasteiger partial charge in [0.05, 0.1) is 13.2 Å². The zero-order valence-corrected chi connectivity index (χ0v) is 16.7. The molecule has 29 heavy (non-hydrogen) atoms. The molecule has 1 aromatic heterocycles. The van der Waals surface area contributed by atoms with Gasteiger partial charge in [0.1, 0.15) is 5.75 Å². The predicted octanol–water partition coefficient (Wildman–Crippen LogP) is 4.74. The van der Waals surface area contributed by atoms with Crippen LogP contribution in [0.2, 0.25) is 0 Å². The van der Waals surface area contributed by atoms with Crippen molar-refractivity contribution in [1.29, 1.82) is 0 Å². The van der Waals surface area contributed by atoms with Crippen LogP contribution in [-0.2, 0) is 24.2 Å². The molecule has 2 aromatic carbocycles. The number of aromatic nitrogens is 2. The molecule has 0 fully saturated rings. The molecule has 0 saturated heterocycles. The molecule has 0 saturated carbocycles. The van der Waals surface area contributed by atoms with Gasteiger partial charge in [-0.2, -0.15) is 5.10 Å². The average Bonchev–Trinajstić information content (AvgIpc) is 3.23. The summed E-state index contributed by atoms with van der Waals surface area (Å²) in [4.78, 5) is 11.0. The smallest absolute Gasteiger partial charge is 0.303 e. The van der Waals surface area contributed by atoms with Gasteiger partial charge >= 0.3 is 5.97 Å². The van der Waals surface area contributed by atoms with Gasteiger partial charge in [-0.05, 0) is 60.9 Å². The molecule has 0 bridgehead atoms. The summed E-state index contributed by atoms with van der Waals surface area (Å²) in [7, 11) is 0. The fourth-order valence-corrected chi connectivity index (χ4v) is 3.30. The number of carbonyl (C=O) groups is 1. The van der Waals surface area contributed by atoms with Crippen molar-refractivity contribution in [3.8, 4) is 5.75 Å². The van der Waals surface area contributed by atoms with E-state index >= 15 is 0 Å². The molecule has 3 aromatic rings. The van der Waals surface area contributed by atoms with Crippen LogP contribution in [0.1, 0.15) is 42.4 Å². The Bertz CT molecular complexity index is 876. The topological polar surface area (TPSA) is 64.3 Å². The largest absolute Gasteiger partial charge is 0.493 e. The van der Waals surface area contributed by atoms with E-state index in [1.54, 1.807) is 6.20 Å². The quantitative estimate of drug-likeness (QED) is 0.452. The molecule has 1 heterocycles. The molecular weight excluding hydrogens is 364 g/mol. The van der Waals surface area contributed by atoms with Crippen LogP contribution in [-0.4, -0.2) is 27.5 Å². The van der Waals surface area contributed by atoms with Crippen molar-refractivity contribution in [2.24, 2.45) is 0 Å². The van der Waals surface area contributed by atoms with Gasteiger partial charge in [0.15, 0.2) is 0 Å². The Morgan fingerprint density at radius 3 is 2.59 bits per heavy atom. The maximum absolute atomic E-state index is 11.0. The second kappa shape index (κ2) is 11.1. The number of unbranched alkanes of at least 4 members (excludes halogenated alkanes) is 2. The molecule has 0 spiro atoms.